The molecule has 0 saturated carbocycles. The third kappa shape index (κ3) is 5.48. The van der Waals surface area contributed by atoms with Gasteiger partial charge in [-0.05, 0) is 24.3 Å². The van der Waals surface area contributed by atoms with Crippen LogP contribution >= 0.6 is 11.3 Å². The summed E-state index contributed by atoms with van der Waals surface area (Å²) >= 11 is 1.69. The number of morpholine rings is 1. The normalized spacial score (nSPS) is 17.2. The maximum Gasteiger partial charge on any atom is 0.317 e. The van der Waals surface area contributed by atoms with E-state index in [4.69, 9.17) is 4.74 Å². The minimum atomic E-state index is 0.0276. The van der Waals surface area contributed by atoms with Gasteiger partial charge in [-0.2, -0.15) is 0 Å². The van der Waals surface area contributed by atoms with Crippen LogP contribution in [-0.2, 0) is 11.3 Å². The lowest BCUT2D eigenvalue weighted by Crippen LogP contribution is -2.52. The highest BCUT2D eigenvalue weighted by atomic mass is 32.1. The molecule has 0 bridgehead atoms. The van der Waals surface area contributed by atoms with Crippen LogP contribution in [0.4, 0.5) is 4.79 Å². The second-order valence-electron chi connectivity index (χ2n) is 6.24. The van der Waals surface area contributed by atoms with E-state index in [1.807, 2.05) is 23.3 Å². The van der Waals surface area contributed by atoms with Gasteiger partial charge in [0.25, 0.3) is 0 Å². The lowest BCUT2D eigenvalue weighted by molar-refractivity contribution is 0.00693. The minimum absolute atomic E-state index is 0.0276. The Kier molecular flexibility index (Phi) is 7.33. The molecule has 1 fully saturated rings. The van der Waals surface area contributed by atoms with Crippen molar-refractivity contribution >= 4 is 17.4 Å². The zero-order chi connectivity index (χ0) is 16.7. The third-order valence-corrected chi connectivity index (χ3v) is 5.20. The molecule has 1 atom stereocenters. The number of carbonyl (C=O) groups excluding carboxylic acids is 1. The first-order chi connectivity index (χ1) is 11.1. The average molecular weight is 340 g/mol. The lowest BCUT2D eigenvalue weighted by atomic mass is 10.0. The van der Waals surface area contributed by atoms with E-state index in [2.05, 4.69) is 30.1 Å². The number of nitrogens with one attached hydrogen (secondary N) is 1. The first-order valence-electron chi connectivity index (χ1n) is 8.48. The van der Waals surface area contributed by atoms with Crippen LogP contribution in [0, 0.1) is 5.92 Å². The molecular formula is C17H29N3O2S. The fourth-order valence-corrected chi connectivity index (χ4v) is 3.64. The SMILES string of the molecule is CCN(Cc1cccs1)C(=O)NCC(C(C)C)N1CCOCC1. The topological polar surface area (TPSA) is 44.8 Å². The molecule has 1 aliphatic heterocycles. The second-order valence-corrected chi connectivity index (χ2v) is 7.27. The highest BCUT2D eigenvalue weighted by Gasteiger charge is 2.25. The molecule has 2 heterocycles. The number of ether oxygens (including phenoxy) is 1. The molecule has 1 N–H and O–H groups in total. The summed E-state index contributed by atoms with van der Waals surface area (Å²) in [6, 6.07) is 4.49. The molecular weight excluding hydrogens is 310 g/mol. The lowest BCUT2D eigenvalue weighted by Gasteiger charge is -2.37. The fourth-order valence-electron chi connectivity index (χ4n) is 2.92. The van der Waals surface area contributed by atoms with Crippen molar-refractivity contribution in [3.63, 3.8) is 0 Å². The van der Waals surface area contributed by atoms with Crippen LogP contribution in [-0.4, -0.2) is 61.3 Å². The third-order valence-electron chi connectivity index (χ3n) is 4.34. The summed E-state index contributed by atoms with van der Waals surface area (Å²) < 4.78 is 5.43. The monoisotopic (exact) mass is 339 g/mol. The van der Waals surface area contributed by atoms with Crippen LogP contribution < -0.4 is 5.32 Å². The Bertz CT molecular complexity index is 458. The van der Waals surface area contributed by atoms with Gasteiger partial charge in [-0.15, -0.1) is 11.3 Å². The Balaban J connectivity index is 1.86. The second kappa shape index (κ2) is 9.25. The first kappa shape index (κ1) is 18.2. The number of thiophene rings is 1. The molecule has 0 aromatic carbocycles. The number of rotatable bonds is 7. The summed E-state index contributed by atoms with van der Waals surface area (Å²) in [6.45, 7) is 12.0. The zero-order valence-electron chi connectivity index (χ0n) is 14.5. The molecule has 0 radical (unpaired) electrons. The molecule has 6 heteroatoms. The number of urea groups is 1. The van der Waals surface area contributed by atoms with Gasteiger partial charge in [0.05, 0.1) is 19.8 Å². The average Bonchev–Trinajstić information content (AvgIpc) is 3.06. The molecule has 0 spiro atoms. The van der Waals surface area contributed by atoms with E-state index in [1.165, 1.54) is 4.88 Å². The van der Waals surface area contributed by atoms with Crippen LogP contribution in [0.15, 0.2) is 17.5 Å². The van der Waals surface area contributed by atoms with Gasteiger partial charge in [0.2, 0.25) is 0 Å². The molecule has 2 rings (SSSR count). The number of carbonyl (C=O) groups is 1. The van der Waals surface area contributed by atoms with Gasteiger partial charge in [-0.25, -0.2) is 4.79 Å². The highest BCUT2D eigenvalue weighted by molar-refractivity contribution is 7.09. The molecule has 1 aliphatic rings. The van der Waals surface area contributed by atoms with Crippen molar-refractivity contribution in [2.45, 2.75) is 33.4 Å². The molecule has 1 saturated heterocycles. The Morgan fingerprint density at radius 3 is 2.74 bits per heavy atom. The van der Waals surface area contributed by atoms with Crippen LogP contribution in [0.2, 0.25) is 0 Å². The van der Waals surface area contributed by atoms with Gasteiger partial charge < -0.3 is 15.0 Å². The van der Waals surface area contributed by atoms with Crippen LogP contribution in [0.25, 0.3) is 0 Å². The van der Waals surface area contributed by atoms with E-state index in [-0.39, 0.29) is 6.03 Å². The molecule has 23 heavy (non-hydrogen) atoms. The van der Waals surface area contributed by atoms with Crippen molar-refractivity contribution in [1.29, 1.82) is 0 Å². The van der Waals surface area contributed by atoms with Gasteiger partial charge >= 0.3 is 6.03 Å². The Morgan fingerprint density at radius 2 is 2.17 bits per heavy atom. The molecule has 0 aliphatic carbocycles. The molecule has 1 aromatic rings. The molecule has 2 amide bonds. The quantitative estimate of drug-likeness (QED) is 0.830. The van der Waals surface area contributed by atoms with E-state index in [0.717, 1.165) is 26.3 Å². The van der Waals surface area contributed by atoms with Gasteiger partial charge in [0.15, 0.2) is 0 Å². The molecule has 130 valence electrons. The molecule has 1 aromatic heterocycles. The standard InChI is InChI=1S/C17H29N3O2S/c1-4-19(13-15-6-5-11-23-15)17(21)18-12-16(14(2)3)20-7-9-22-10-8-20/h5-6,11,14,16H,4,7-10,12-13H2,1-3H3,(H,18,21). The van der Waals surface area contributed by atoms with Crippen molar-refractivity contribution in [3.05, 3.63) is 22.4 Å². The first-order valence-corrected chi connectivity index (χ1v) is 9.36. The van der Waals surface area contributed by atoms with Crippen molar-refractivity contribution < 1.29 is 9.53 Å². The maximum atomic E-state index is 12.5. The van der Waals surface area contributed by atoms with Crippen molar-refractivity contribution in [1.82, 2.24) is 15.1 Å². The Morgan fingerprint density at radius 1 is 1.43 bits per heavy atom. The van der Waals surface area contributed by atoms with Crippen molar-refractivity contribution in [2.24, 2.45) is 5.92 Å². The Hall–Kier alpha value is -1.11. The van der Waals surface area contributed by atoms with Crippen molar-refractivity contribution in [3.8, 4) is 0 Å². The van der Waals surface area contributed by atoms with Crippen LogP contribution in [0.5, 0.6) is 0 Å². The van der Waals surface area contributed by atoms with Crippen LogP contribution in [0.1, 0.15) is 25.6 Å². The number of nitrogens with zero attached hydrogens (tertiary/aromatic N) is 2. The molecule has 5 nitrogen and oxygen atoms in total. The number of amides is 2. The number of hydrogen-bond acceptors (Lipinski definition) is 4. The fraction of sp³-hybridized carbons (Fsp3) is 0.706. The largest absolute Gasteiger partial charge is 0.379 e. The van der Waals surface area contributed by atoms with Gasteiger partial charge in [-0.1, -0.05) is 19.9 Å². The van der Waals surface area contributed by atoms with Crippen molar-refractivity contribution in [2.75, 3.05) is 39.4 Å². The molecule has 1 unspecified atom stereocenters. The van der Waals surface area contributed by atoms with Gasteiger partial charge in [-0.3, -0.25) is 4.90 Å². The summed E-state index contributed by atoms with van der Waals surface area (Å²) in [5, 5.41) is 5.18. The van der Waals surface area contributed by atoms with Gasteiger partial charge in [0, 0.05) is 37.1 Å². The zero-order valence-corrected chi connectivity index (χ0v) is 15.3. The summed E-state index contributed by atoms with van der Waals surface area (Å²) in [5.74, 6) is 0.501. The number of hydrogen-bond donors (Lipinski definition) is 1. The summed E-state index contributed by atoms with van der Waals surface area (Å²) in [5.41, 5.74) is 0. The van der Waals surface area contributed by atoms with Gasteiger partial charge in [0.1, 0.15) is 0 Å². The summed E-state index contributed by atoms with van der Waals surface area (Å²) in [4.78, 5) is 18.0. The predicted molar refractivity (Wildman–Crippen MR) is 94.8 cm³/mol. The minimum Gasteiger partial charge on any atom is -0.379 e. The van der Waals surface area contributed by atoms with E-state index in [0.29, 0.717) is 31.6 Å². The van der Waals surface area contributed by atoms with E-state index in [9.17, 15) is 4.79 Å². The highest BCUT2D eigenvalue weighted by Crippen LogP contribution is 2.14. The van der Waals surface area contributed by atoms with E-state index < -0.39 is 0 Å². The maximum absolute atomic E-state index is 12.5. The van der Waals surface area contributed by atoms with E-state index in [1.54, 1.807) is 11.3 Å². The van der Waals surface area contributed by atoms with Crippen LogP contribution in [0.3, 0.4) is 0 Å². The smallest absolute Gasteiger partial charge is 0.317 e. The summed E-state index contributed by atoms with van der Waals surface area (Å²) in [6.07, 6.45) is 0. The Labute approximate surface area is 143 Å². The predicted octanol–water partition coefficient (Wildman–Crippen LogP) is 2.64. The summed E-state index contributed by atoms with van der Waals surface area (Å²) in [7, 11) is 0. The van der Waals surface area contributed by atoms with E-state index >= 15 is 0 Å².